The third-order valence-corrected chi connectivity index (χ3v) is 1.74. The third kappa shape index (κ3) is 1.38. The van der Waals surface area contributed by atoms with Crippen LogP contribution in [0.4, 0.5) is 4.79 Å². The summed E-state index contributed by atoms with van der Waals surface area (Å²) in [5.41, 5.74) is 0. The van der Waals surface area contributed by atoms with Gasteiger partial charge in [-0.2, -0.15) is 0 Å². The minimum absolute atomic E-state index is 0.433. The summed E-state index contributed by atoms with van der Waals surface area (Å²) >= 11 is 0. The van der Waals surface area contributed by atoms with Crippen LogP contribution in [0.3, 0.4) is 0 Å². The van der Waals surface area contributed by atoms with Crippen molar-refractivity contribution in [1.82, 2.24) is 10.2 Å². The average molecular weight is 180 g/mol. The lowest BCUT2D eigenvalue weighted by Crippen LogP contribution is -2.39. The second kappa shape index (κ2) is 3.27. The minimum atomic E-state index is -0.918. The number of amides is 4. The molecular formula is C8H8N2O3. The zero-order valence-corrected chi connectivity index (χ0v) is 7.03. The van der Waals surface area contributed by atoms with Gasteiger partial charge in [-0.3, -0.25) is 14.9 Å². The lowest BCUT2D eigenvalue weighted by Gasteiger charge is -2.16. The van der Waals surface area contributed by atoms with E-state index in [0.29, 0.717) is 6.42 Å². The molecule has 5 heteroatoms. The Balaban J connectivity index is 2.92. The normalized spacial score (nSPS) is 18.5. The predicted molar refractivity (Wildman–Crippen MR) is 43.3 cm³/mol. The van der Waals surface area contributed by atoms with Gasteiger partial charge in [-0.25, -0.2) is 9.69 Å². The molecule has 13 heavy (non-hydrogen) atoms. The van der Waals surface area contributed by atoms with Gasteiger partial charge >= 0.3 is 17.8 Å². The quantitative estimate of drug-likeness (QED) is 0.353. The molecule has 1 N–H and O–H groups in total. The van der Waals surface area contributed by atoms with Crippen molar-refractivity contribution in [3.63, 3.8) is 0 Å². The molecule has 1 atom stereocenters. The molecule has 0 aromatic rings. The van der Waals surface area contributed by atoms with Crippen LogP contribution in [0, 0.1) is 12.3 Å². The van der Waals surface area contributed by atoms with E-state index in [1.54, 1.807) is 6.92 Å². The molecule has 0 aliphatic carbocycles. The lowest BCUT2D eigenvalue weighted by molar-refractivity contribution is -0.140. The summed E-state index contributed by atoms with van der Waals surface area (Å²) in [6.45, 7) is 1.73. The topological polar surface area (TPSA) is 66.5 Å². The van der Waals surface area contributed by atoms with E-state index in [4.69, 9.17) is 6.42 Å². The Kier molecular flexibility index (Phi) is 2.33. The molecule has 0 spiro atoms. The number of nitrogens with zero attached hydrogens (tertiary/aromatic N) is 1. The maximum absolute atomic E-state index is 11.1. The second-order valence-electron chi connectivity index (χ2n) is 2.53. The molecule has 4 amide bonds. The molecule has 0 aromatic heterocycles. The highest BCUT2D eigenvalue weighted by atomic mass is 16.2. The van der Waals surface area contributed by atoms with Gasteiger partial charge in [0.25, 0.3) is 0 Å². The Hall–Kier alpha value is -1.83. The summed E-state index contributed by atoms with van der Waals surface area (Å²) in [6, 6.07) is -1.38. The van der Waals surface area contributed by atoms with Crippen LogP contribution in [0.1, 0.15) is 13.3 Å². The van der Waals surface area contributed by atoms with E-state index < -0.39 is 23.9 Å². The number of carbonyl (C=O) groups is 3. The van der Waals surface area contributed by atoms with Gasteiger partial charge in [0.2, 0.25) is 0 Å². The van der Waals surface area contributed by atoms with E-state index in [2.05, 4.69) is 5.92 Å². The molecule has 1 saturated heterocycles. The van der Waals surface area contributed by atoms with Crippen LogP contribution in [0.5, 0.6) is 0 Å². The molecule has 1 aliphatic rings. The van der Waals surface area contributed by atoms with Gasteiger partial charge in [-0.15, -0.1) is 6.42 Å². The lowest BCUT2D eigenvalue weighted by atomic mass is 10.2. The van der Waals surface area contributed by atoms with E-state index in [-0.39, 0.29) is 0 Å². The number of nitrogens with one attached hydrogen (secondary N) is 1. The summed E-state index contributed by atoms with van der Waals surface area (Å²) in [5, 5.41) is 1.87. The Morgan fingerprint density at radius 1 is 1.54 bits per heavy atom. The summed E-state index contributed by atoms with van der Waals surface area (Å²) < 4.78 is 0. The number of urea groups is 1. The first-order valence-corrected chi connectivity index (χ1v) is 3.76. The number of hydrogen-bond acceptors (Lipinski definition) is 3. The van der Waals surface area contributed by atoms with Crippen molar-refractivity contribution in [2.45, 2.75) is 19.4 Å². The SMILES string of the molecule is C#CC(CC)N1C(=O)NC(=O)C1=O. The highest BCUT2D eigenvalue weighted by Gasteiger charge is 2.40. The number of rotatable bonds is 2. The fourth-order valence-corrected chi connectivity index (χ4v) is 1.07. The van der Waals surface area contributed by atoms with Crippen molar-refractivity contribution in [3.05, 3.63) is 0 Å². The smallest absolute Gasteiger partial charge is 0.269 e. The van der Waals surface area contributed by atoms with Crippen molar-refractivity contribution in [2.75, 3.05) is 0 Å². The minimum Gasteiger partial charge on any atom is -0.269 e. The summed E-state index contributed by atoms with van der Waals surface area (Å²) in [4.78, 5) is 33.6. The van der Waals surface area contributed by atoms with Gasteiger partial charge in [0.1, 0.15) is 6.04 Å². The van der Waals surface area contributed by atoms with E-state index >= 15 is 0 Å². The first kappa shape index (κ1) is 9.26. The van der Waals surface area contributed by atoms with Gasteiger partial charge in [0.05, 0.1) is 0 Å². The summed E-state index contributed by atoms with van der Waals surface area (Å²) in [7, 11) is 0. The van der Waals surface area contributed by atoms with E-state index in [9.17, 15) is 14.4 Å². The molecule has 1 fully saturated rings. The summed E-state index contributed by atoms with van der Waals surface area (Å²) in [6.07, 6.45) is 5.53. The van der Waals surface area contributed by atoms with Crippen molar-refractivity contribution in [1.29, 1.82) is 0 Å². The Morgan fingerprint density at radius 3 is 2.46 bits per heavy atom. The van der Waals surface area contributed by atoms with Crippen LogP contribution < -0.4 is 5.32 Å². The van der Waals surface area contributed by atoms with Gasteiger partial charge < -0.3 is 0 Å². The number of hydrogen-bond donors (Lipinski definition) is 1. The highest BCUT2D eigenvalue weighted by Crippen LogP contribution is 2.08. The first-order valence-electron chi connectivity index (χ1n) is 3.76. The van der Waals surface area contributed by atoms with Gasteiger partial charge in [-0.1, -0.05) is 12.8 Å². The van der Waals surface area contributed by atoms with Gasteiger partial charge in [0.15, 0.2) is 0 Å². The molecular weight excluding hydrogens is 172 g/mol. The molecule has 0 aromatic carbocycles. The molecule has 0 saturated carbocycles. The molecule has 5 nitrogen and oxygen atoms in total. The molecule has 1 heterocycles. The van der Waals surface area contributed by atoms with Crippen LogP contribution in [0.2, 0.25) is 0 Å². The average Bonchev–Trinajstić information content (AvgIpc) is 2.34. The molecule has 1 unspecified atom stereocenters. The zero-order valence-electron chi connectivity index (χ0n) is 7.03. The highest BCUT2D eigenvalue weighted by molar-refractivity contribution is 6.45. The monoisotopic (exact) mass is 180 g/mol. The molecule has 1 rings (SSSR count). The van der Waals surface area contributed by atoms with E-state index in [1.165, 1.54) is 0 Å². The fourth-order valence-electron chi connectivity index (χ4n) is 1.07. The maximum Gasteiger partial charge on any atom is 0.332 e. The molecule has 68 valence electrons. The van der Waals surface area contributed by atoms with Gasteiger partial charge in [-0.05, 0) is 6.42 Å². The Bertz CT molecular complexity index is 316. The Labute approximate surface area is 75.1 Å². The second-order valence-corrected chi connectivity index (χ2v) is 2.53. The van der Waals surface area contributed by atoms with Crippen LogP contribution in [0.15, 0.2) is 0 Å². The largest absolute Gasteiger partial charge is 0.332 e. The van der Waals surface area contributed by atoms with Crippen molar-refractivity contribution < 1.29 is 14.4 Å². The number of carbonyl (C=O) groups excluding carboxylic acids is 3. The standard InChI is InChI=1S/C8H8N2O3/c1-3-5(4-2)10-7(12)6(11)9-8(10)13/h1,5H,4H2,2H3,(H,9,11,13). The number of terminal acetylenes is 1. The van der Waals surface area contributed by atoms with Gasteiger partial charge in [0, 0.05) is 0 Å². The zero-order chi connectivity index (χ0) is 10.0. The number of imide groups is 2. The third-order valence-electron chi connectivity index (χ3n) is 1.74. The summed E-state index contributed by atoms with van der Waals surface area (Å²) in [5.74, 6) is 0.469. The molecule has 0 radical (unpaired) electrons. The van der Waals surface area contributed by atoms with Crippen LogP contribution in [0.25, 0.3) is 0 Å². The maximum atomic E-state index is 11.1. The van der Waals surface area contributed by atoms with Crippen LogP contribution in [-0.2, 0) is 9.59 Å². The van der Waals surface area contributed by atoms with Crippen LogP contribution in [-0.4, -0.2) is 28.8 Å². The fraction of sp³-hybridized carbons (Fsp3) is 0.375. The van der Waals surface area contributed by atoms with Crippen molar-refractivity contribution in [2.24, 2.45) is 0 Å². The van der Waals surface area contributed by atoms with Crippen molar-refractivity contribution in [3.8, 4) is 12.3 Å². The predicted octanol–water partition coefficient (Wildman–Crippen LogP) is -0.523. The van der Waals surface area contributed by atoms with E-state index in [1.807, 2.05) is 5.32 Å². The Morgan fingerprint density at radius 2 is 2.15 bits per heavy atom. The van der Waals surface area contributed by atoms with Crippen LogP contribution >= 0.6 is 0 Å². The van der Waals surface area contributed by atoms with E-state index in [0.717, 1.165) is 4.90 Å². The first-order chi connectivity index (χ1) is 6.11. The molecule has 1 aliphatic heterocycles. The van der Waals surface area contributed by atoms with Crippen molar-refractivity contribution >= 4 is 17.8 Å². The molecule has 0 bridgehead atoms.